The highest BCUT2D eigenvalue weighted by Gasteiger charge is 2.33. The molecule has 0 bridgehead atoms. The van der Waals surface area contributed by atoms with E-state index in [1.807, 2.05) is 19.1 Å². The number of rotatable bonds is 10. The molecule has 0 radical (unpaired) electrons. The number of aryl methyl sites for hydroxylation is 1. The first-order valence-corrected chi connectivity index (χ1v) is 15.0. The van der Waals surface area contributed by atoms with E-state index in [-0.39, 0.29) is 23.4 Å². The number of benzene rings is 3. The molecule has 0 aromatic heterocycles. The molecule has 4 rings (SSSR count). The van der Waals surface area contributed by atoms with Crippen LogP contribution in [-0.4, -0.2) is 43.8 Å². The zero-order valence-electron chi connectivity index (χ0n) is 22.2. The fourth-order valence-corrected chi connectivity index (χ4v) is 6.48. The summed E-state index contributed by atoms with van der Waals surface area (Å²) in [7, 11) is -4.08. The molecule has 1 N–H and O–H groups in total. The Kier molecular flexibility index (Phi) is 9.30. The molecule has 0 heterocycles. The van der Waals surface area contributed by atoms with Gasteiger partial charge in [0.1, 0.15) is 12.6 Å². The molecule has 1 saturated carbocycles. The van der Waals surface area contributed by atoms with Crippen LogP contribution in [0.4, 0.5) is 5.69 Å². The molecule has 39 heavy (non-hydrogen) atoms. The fraction of sp³-hybridized carbons (Fsp3) is 0.333. The molecule has 2 amide bonds. The molecule has 0 unspecified atom stereocenters. The lowest BCUT2D eigenvalue weighted by molar-refractivity contribution is -0.139. The van der Waals surface area contributed by atoms with Crippen LogP contribution >= 0.6 is 11.6 Å². The summed E-state index contributed by atoms with van der Waals surface area (Å²) in [5, 5.41) is 3.58. The van der Waals surface area contributed by atoms with Crippen LogP contribution in [0.3, 0.4) is 0 Å². The zero-order valence-corrected chi connectivity index (χ0v) is 23.8. The number of halogens is 1. The van der Waals surface area contributed by atoms with E-state index in [1.165, 1.54) is 17.0 Å². The van der Waals surface area contributed by atoms with E-state index < -0.39 is 28.5 Å². The highest BCUT2D eigenvalue weighted by atomic mass is 35.5. The van der Waals surface area contributed by atoms with Gasteiger partial charge in [0.25, 0.3) is 10.0 Å². The van der Waals surface area contributed by atoms with Gasteiger partial charge in [0.2, 0.25) is 11.8 Å². The Labute approximate surface area is 235 Å². The number of carbonyl (C=O) groups is 2. The monoisotopic (exact) mass is 567 g/mol. The van der Waals surface area contributed by atoms with E-state index in [0.29, 0.717) is 10.7 Å². The van der Waals surface area contributed by atoms with Gasteiger partial charge in [0, 0.05) is 17.6 Å². The maximum absolute atomic E-state index is 14.0. The number of sulfonamides is 1. The number of hydrogen-bond donors (Lipinski definition) is 1. The first-order valence-electron chi connectivity index (χ1n) is 13.1. The summed E-state index contributed by atoms with van der Waals surface area (Å²) in [6, 6.07) is 21.4. The third-order valence-electron chi connectivity index (χ3n) is 7.01. The van der Waals surface area contributed by atoms with Gasteiger partial charge in [-0.15, -0.1) is 0 Å². The average Bonchev–Trinajstić information content (AvgIpc) is 3.43. The van der Waals surface area contributed by atoms with Crippen LogP contribution < -0.4 is 9.62 Å². The largest absolute Gasteiger partial charge is 0.352 e. The quantitative estimate of drug-likeness (QED) is 0.359. The third-order valence-corrected chi connectivity index (χ3v) is 9.03. The summed E-state index contributed by atoms with van der Waals surface area (Å²) in [6.45, 7) is 3.17. The molecule has 1 aliphatic carbocycles. The smallest absolute Gasteiger partial charge is 0.264 e. The second-order valence-electron chi connectivity index (χ2n) is 9.98. The Balaban J connectivity index is 1.68. The third kappa shape index (κ3) is 7.19. The minimum absolute atomic E-state index is 0.0766. The fourth-order valence-electron chi connectivity index (χ4n) is 4.84. The number of amides is 2. The van der Waals surface area contributed by atoms with Crippen molar-refractivity contribution < 1.29 is 18.0 Å². The van der Waals surface area contributed by atoms with E-state index >= 15 is 0 Å². The first-order chi connectivity index (χ1) is 18.6. The van der Waals surface area contributed by atoms with Gasteiger partial charge in [0.15, 0.2) is 0 Å². The lowest BCUT2D eigenvalue weighted by Crippen LogP contribution is -2.52. The maximum Gasteiger partial charge on any atom is 0.264 e. The minimum Gasteiger partial charge on any atom is -0.352 e. The van der Waals surface area contributed by atoms with E-state index in [1.54, 1.807) is 61.5 Å². The van der Waals surface area contributed by atoms with Crippen molar-refractivity contribution in [3.63, 3.8) is 0 Å². The summed E-state index contributed by atoms with van der Waals surface area (Å²) in [5.41, 5.74) is 1.97. The van der Waals surface area contributed by atoms with Gasteiger partial charge in [0.05, 0.1) is 10.6 Å². The van der Waals surface area contributed by atoms with Gasteiger partial charge >= 0.3 is 0 Å². The molecular weight excluding hydrogens is 534 g/mol. The molecular formula is C30H34ClN3O4S. The summed E-state index contributed by atoms with van der Waals surface area (Å²) < 4.78 is 28.7. The second kappa shape index (κ2) is 12.7. The molecule has 0 aliphatic heterocycles. The van der Waals surface area contributed by atoms with Crippen LogP contribution in [0.25, 0.3) is 0 Å². The van der Waals surface area contributed by atoms with Gasteiger partial charge in [-0.2, -0.15) is 0 Å². The molecule has 9 heteroatoms. The van der Waals surface area contributed by atoms with Gasteiger partial charge in [-0.1, -0.05) is 66.9 Å². The van der Waals surface area contributed by atoms with Gasteiger partial charge < -0.3 is 10.2 Å². The number of nitrogens with zero attached hydrogens (tertiary/aromatic N) is 2. The number of hydrogen-bond acceptors (Lipinski definition) is 4. The SMILES string of the molecule is Cc1cccc(N(CC(=O)N(Cc2cccc(Cl)c2)[C@H](C)C(=O)NC2CCCC2)S(=O)(=O)c2ccccc2)c1. The Morgan fingerprint density at radius 3 is 2.33 bits per heavy atom. The van der Waals surface area contributed by atoms with Gasteiger partial charge in [-0.3, -0.25) is 13.9 Å². The van der Waals surface area contributed by atoms with E-state index in [9.17, 15) is 18.0 Å². The Bertz CT molecular complexity index is 1410. The molecule has 0 saturated heterocycles. The summed E-state index contributed by atoms with van der Waals surface area (Å²) in [6.07, 6.45) is 3.95. The summed E-state index contributed by atoms with van der Waals surface area (Å²) in [5.74, 6) is -0.754. The van der Waals surface area contributed by atoms with Crippen molar-refractivity contribution in [3.05, 3.63) is 95.0 Å². The molecule has 7 nitrogen and oxygen atoms in total. The van der Waals surface area contributed by atoms with Crippen molar-refractivity contribution in [2.24, 2.45) is 0 Å². The average molecular weight is 568 g/mol. The van der Waals surface area contributed by atoms with Crippen molar-refractivity contribution in [2.45, 2.75) is 63.1 Å². The van der Waals surface area contributed by atoms with Crippen LogP contribution in [0.5, 0.6) is 0 Å². The minimum atomic E-state index is -4.08. The topological polar surface area (TPSA) is 86.8 Å². The van der Waals surface area contributed by atoms with Crippen molar-refractivity contribution in [1.29, 1.82) is 0 Å². The Hall–Kier alpha value is -3.36. The summed E-state index contributed by atoms with van der Waals surface area (Å²) >= 11 is 6.20. The highest BCUT2D eigenvalue weighted by molar-refractivity contribution is 7.92. The number of carbonyl (C=O) groups excluding carboxylic acids is 2. The van der Waals surface area contributed by atoms with E-state index in [0.717, 1.165) is 41.1 Å². The molecule has 1 atom stereocenters. The molecule has 1 aliphatic rings. The maximum atomic E-state index is 14.0. The van der Waals surface area contributed by atoms with Crippen molar-refractivity contribution in [3.8, 4) is 0 Å². The van der Waals surface area contributed by atoms with Gasteiger partial charge in [-0.05, 0) is 74.2 Å². The second-order valence-corrected chi connectivity index (χ2v) is 12.3. The Morgan fingerprint density at radius 1 is 0.974 bits per heavy atom. The number of anilines is 1. The molecule has 206 valence electrons. The lowest BCUT2D eigenvalue weighted by atomic mass is 10.1. The highest BCUT2D eigenvalue weighted by Crippen LogP contribution is 2.26. The van der Waals surface area contributed by atoms with Crippen LogP contribution in [0.2, 0.25) is 5.02 Å². The number of nitrogens with one attached hydrogen (secondary N) is 1. The first kappa shape index (κ1) is 28.6. The van der Waals surface area contributed by atoms with E-state index in [4.69, 9.17) is 11.6 Å². The van der Waals surface area contributed by atoms with Crippen LogP contribution in [0.1, 0.15) is 43.7 Å². The van der Waals surface area contributed by atoms with Crippen LogP contribution in [-0.2, 0) is 26.2 Å². The predicted octanol–water partition coefficient (Wildman–Crippen LogP) is 5.32. The zero-order chi connectivity index (χ0) is 28.0. The normalized spacial score (nSPS) is 14.5. The van der Waals surface area contributed by atoms with E-state index in [2.05, 4.69) is 5.32 Å². The summed E-state index contributed by atoms with van der Waals surface area (Å²) in [4.78, 5) is 28.7. The van der Waals surface area contributed by atoms with Crippen molar-refractivity contribution >= 4 is 39.1 Å². The van der Waals surface area contributed by atoms with Gasteiger partial charge in [-0.25, -0.2) is 8.42 Å². The van der Waals surface area contributed by atoms with Crippen LogP contribution in [0, 0.1) is 6.92 Å². The predicted molar refractivity (Wildman–Crippen MR) is 154 cm³/mol. The molecule has 3 aromatic rings. The van der Waals surface area contributed by atoms with Crippen molar-refractivity contribution in [2.75, 3.05) is 10.8 Å². The molecule has 0 spiro atoms. The Morgan fingerprint density at radius 2 is 1.67 bits per heavy atom. The molecule has 3 aromatic carbocycles. The van der Waals surface area contributed by atoms with Crippen molar-refractivity contribution in [1.82, 2.24) is 10.2 Å². The van der Waals surface area contributed by atoms with Crippen LogP contribution in [0.15, 0.2) is 83.8 Å². The standard InChI is InChI=1S/C30H34ClN3O4S/c1-22-10-8-15-27(18-22)34(39(37,38)28-16-4-3-5-17-28)21-29(35)33(20-24-11-9-12-25(31)19-24)23(2)30(36)32-26-13-6-7-14-26/h3-5,8-12,15-19,23,26H,6-7,13-14,20-21H2,1-2H3,(H,32,36)/t23-/m1/s1. The molecule has 1 fully saturated rings. The lowest BCUT2D eigenvalue weighted by Gasteiger charge is -2.32.